The first-order chi connectivity index (χ1) is 13.1. The maximum Gasteiger partial charge on any atom is 0.331 e. The van der Waals surface area contributed by atoms with E-state index in [-0.39, 0.29) is 12.4 Å². The summed E-state index contributed by atoms with van der Waals surface area (Å²) in [7, 11) is 1.46. The van der Waals surface area contributed by atoms with Gasteiger partial charge in [0.15, 0.2) is 11.5 Å². The van der Waals surface area contributed by atoms with E-state index in [0.29, 0.717) is 22.0 Å². The maximum absolute atomic E-state index is 11.9. The van der Waals surface area contributed by atoms with Crippen LogP contribution in [0.25, 0.3) is 16.6 Å². The van der Waals surface area contributed by atoms with Crippen molar-refractivity contribution in [3.05, 3.63) is 70.2 Å². The lowest BCUT2D eigenvalue weighted by atomic mass is 10.2. The molecular weight excluding hydrogens is 386 g/mol. The van der Waals surface area contributed by atoms with Crippen LogP contribution in [0.1, 0.15) is 11.3 Å². The van der Waals surface area contributed by atoms with Crippen LogP contribution >= 0.6 is 22.9 Å². The summed E-state index contributed by atoms with van der Waals surface area (Å²) in [6, 6.07) is 12.2. The summed E-state index contributed by atoms with van der Waals surface area (Å²) in [6.45, 7) is 0.0724. The number of carbonyl (C=O) groups excluding carboxylic acids is 1. The highest BCUT2D eigenvalue weighted by Crippen LogP contribution is 2.30. The third-order valence-electron chi connectivity index (χ3n) is 3.63. The minimum absolute atomic E-state index is 0.0371. The van der Waals surface area contributed by atoms with Gasteiger partial charge in [0.2, 0.25) is 0 Å². The van der Waals surface area contributed by atoms with E-state index >= 15 is 0 Å². The molecule has 0 aliphatic rings. The summed E-state index contributed by atoms with van der Waals surface area (Å²) >= 11 is 7.62. The van der Waals surface area contributed by atoms with Gasteiger partial charge in [-0.1, -0.05) is 35.9 Å². The van der Waals surface area contributed by atoms with Gasteiger partial charge in [0.25, 0.3) is 0 Å². The molecular formula is C20H16ClNO4S. The number of aromatic hydroxyl groups is 1. The second-order valence-corrected chi connectivity index (χ2v) is 6.76. The normalized spacial score (nSPS) is 10.9. The fourth-order valence-electron chi connectivity index (χ4n) is 2.29. The standard InChI is InChI=1S/C20H16ClNO4S/c1-25-18-10-13(6-8-17(18)23)7-9-19(24)26-11-14-12-27-20(22-14)15-4-2-3-5-16(15)21/h2-10,12,23H,11H2,1H3/b9-7+. The summed E-state index contributed by atoms with van der Waals surface area (Å²) in [4.78, 5) is 16.4. The van der Waals surface area contributed by atoms with Gasteiger partial charge in [-0.2, -0.15) is 0 Å². The van der Waals surface area contributed by atoms with Crippen LogP contribution in [-0.4, -0.2) is 23.2 Å². The number of aromatic nitrogens is 1. The molecule has 0 spiro atoms. The van der Waals surface area contributed by atoms with Gasteiger partial charge >= 0.3 is 5.97 Å². The zero-order chi connectivity index (χ0) is 19.2. The van der Waals surface area contributed by atoms with Crippen LogP contribution in [0.3, 0.4) is 0 Å². The molecule has 1 heterocycles. The minimum Gasteiger partial charge on any atom is -0.504 e. The molecule has 2 aromatic carbocycles. The number of methoxy groups -OCH3 is 1. The number of phenolic OH excluding ortho intramolecular Hbond substituents is 1. The molecule has 7 heteroatoms. The molecule has 27 heavy (non-hydrogen) atoms. The molecule has 1 aromatic heterocycles. The molecule has 0 saturated carbocycles. The molecule has 138 valence electrons. The van der Waals surface area contributed by atoms with Crippen molar-refractivity contribution in [1.82, 2.24) is 4.98 Å². The van der Waals surface area contributed by atoms with Crippen LogP contribution in [0.15, 0.2) is 53.9 Å². The van der Waals surface area contributed by atoms with E-state index in [4.69, 9.17) is 21.1 Å². The number of ether oxygens (including phenoxy) is 2. The van der Waals surface area contributed by atoms with E-state index < -0.39 is 5.97 Å². The smallest absolute Gasteiger partial charge is 0.331 e. The van der Waals surface area contributed by atoms with Gasteiger partial charge in [0.05, 0.1) is 17.8 Å². The van der Waals surface area contributed by atoms with E-state index in [1.54, 1.807) is 24.3 Å². The van der Waals surface area contributed by atoms with E-state index in [1.165, 1.54) is 30.6 Å². The predicted molar refractivity (Wildman–Crippen MR) is 106 cm³/mol. The molecule has 0 fully saturated rings. The summed E-state index contributed by atoms with van der Waals surface area (Å²) in [6.07, 6.45) is 2.90. The number of carbonyl (C=O) groups is 1. The third kappa shape index (κ3) is 4.87. The SMILES string of the molecule is COc1cc(/C=C/C(=O)OCc2csc(-c3ccccc3Cl)n2)ccc1O. The first-order valence-corrected chi connectivity index (χ1v) is 9.23. The van der Waals surface area contributed by atoms with Crippen molar-refractivity contribution in [3.8, 4) is 22.1 Å². The molecule has 1 N–H and O–H groups in total. The Kier molecular flexibility index (Phi) is 6.11. The number of halogens is 1. The predicted octanol–water partition coefficient (Wildman–Crippen LogP) is 4.93. The molecule has 3 rings (SSSR count). The molecule has 0 saturated heterocycles. The highest BCUT2D eigenvalue weighted by atomic mass is 35.5. The average Bonchev–Trinajstić information content (AvgIpc) is 3.15. The Hall–Kier alpha value is -2.83. The van der Waals surface area contributed by atoms with Crippen LogP contribution < -0.4 is 4.74 Å². The lowest BCUT2D eigenvalue weighted by Gasteiger charge is -2.03. The van der Waals surface area contributed by atoms with Crippen LogP contribution in [0, 0.1) is 0 Å². The first-order valence-electron chi connectivity index (χ1n) is 7.98. The van der Waals surface area contributed by atoms with Gasteiger partial charge in [-0.05, 0) is 29.8 Å². The number of rotatable bonds is 6. The highest BCUT2D eigenvalue weighted by Gasteiger charge is 2.09. The fourth-order valence-corrected chi connectivity index (χ4v) is 3.41. The summed E-state index contributed by atoms with van der Waals surface area (Å²) < 4.78 is 10.2. The van der Waals surface area contributed by atoms with E-state index in [0.717, 1.165) is 10.6 Å². The fraction of sp³-hybridized carbons (Fsp3) is 0.100. The number of benzene rings is 2. The molecule has 0 aliphatic heterocycles. The van der Waals surface area contributed by atoms with Crippen molar-refractivity contribution in [2.75, 3.05) is 7.11 Å². The van der Waals surface area contributed by atoms with E-state index in [9.17, 15) is 9.90 Å². The molecule has 3 aromatic rings. The number of phenols is 1. The molecule has 0 unspecified atom stereocenters. The maximum atomic E-state index is 11.9. The van der Waals surface area contributed by atoms with Crippen LogP contribution in [0.5, 0.6) is 11.5 Å². The zero-order valence-corrected chi connectivity index (χ0v) is 16.0. The number of thiazole rings is 1. The van der Waals surface area contributed by atoms with Gasteiger partial charge in [0, 0.05) is 17.0 Å². The number of esters is 1. The summed E-state index contributed by atoms with van der Waals surface area (Å²) in [5, 5.41) is 12.8. The first kappa shape index (κ1) is 18.9. The second-order valence-electron chi connectivity index (χ2n) is 5.50. The number of nitrogens with zero attached hydrogens (tertiary/aromatic N) is 1. The average molecular weight is 402 g/mol. The largest absolute Gasteiger partial charge is 0.504 e. The van der Waals surface area contributed by atoms with Crippen LogP contribution in [-0.2, 0) is 16.1 Å². The van der Waals surface area contributed by atoms with Crippen LogP contribution in [0.4, 0.5) is 0 Å². The quantitative estimate of drug-likeness (QED) is 0.468. The van der Waals surface area contributed by atoms with E-state index in [2.05, 4.69) is 4.98 Å². The van der Waals surface area contributed by atoms with Crippen molar-refractivity contribution < 1.29 is 19.4 Å². The summed E-state index contributed by atoms with van der Waals surface area (Å²) in [5.74, 6) is -0.121. The van der Waals surface area contributed by atoms with Gasteiger partial charge in [-0.3, -0.25) is 0 Å². The third-order valence-corrected chi connectivity index (χ3v) is 4.89. The van der Waals surface area contributed by atoms with E-state index in [1.807, 2.05) is 23.6 Å². The lowest BCUT2D eigenvalue weighted by molar-refractivity contribution is -0.139. The van der Waals surface area contributed by atoms with Crippen LogP contribution in [0.2, 0.25) is 5.02 Å². The minimum atomic E-state index is -0.491. The van der Waals surface area contributed by atoms with Crippen molar-refractivity contribution >= 4 is 35.0 Å². The molecule has 5 nitrogen and oxygen atoms in total. The van der Waals surface area contributed by atoms with Gasteiger partial charge < -0.3 is 14.6 Å². The lowest BCUT2D eigenvalue weighted by Crippen LogP contribution is -2.01. The number of hydrogen-bond acceptors (Lipinski definition) is 6. The monoisotopic (exact) mass is 401 g/mol. The Balaban J connectivity index is 1.59. The topological polar surface area (TPSA) is 68.7 Å². The zero-order valence-electron chi connectivity index (χ0n) is 14.4. The van der Waals surface area contributed by atoms with Crippen molar-refractivity contribution in [1.29, 1.82) is 0 Å². The summed E-state index contributed by atoms with van der Waals surface area (Å²) in [5.41, 5.74) is 2.21. The molecule has 0 aliphatic carbocycles. The molecule has 0 atom stereocenters. The van der Waals surface area contributed by atoms with Gasteiger partial charge in [-0.25, -0.2) is 9.78 Å². The Bertz CT molecular complexity index is 984. The number of hydrogen-bond donors (Lipinski definition) is 1. The van der Waals surface area contributed by atoms with Crippen molar-refractivity contribution in [2.24, 2.45) is 0 Å². The second kappa shape index (κ2) is 8.70. The van der Waals surface area contributed by atoms with Crippen molar-refractivity contribution in [2.45, 2.75) is 6.61 Å². The van der Waals surface area contributed by atoms with Gasteiger partial charge in [0.1, 0.15) is 11.6 Å². The molecule has 0 bridgehead atoms. The highest BCUT2D eigenvalue weighted by molar-refractivity contribution is 7.13. The van der Waals surface area contributed by atoms with Crippen molar-refractivity contribution in [3.63, 3.8) is 0 Å². The molecule has 0 amide bonds. The molecule has 0 radical (unpaired) electrons. The Morgan fingerprint density at radius 2 is 2.11 bits per heavy atom. The Morgan fingerprint density at radius 1 is 1.30 bits per heavy atom. The Morgan fingerprint density at radius 3 is 2.89 bits per heavy atom. The Labute approximate surface area is 165 Å². The van der Waals surface area contributed by atoms with Gasteiger partial charge in [-0.15, -0.1) is 11.3 Å².